The highest BCUT2D eigenvalue weighted by atomic mass is 32.1. The fraction of sp³-hybridized carbons (Fsp3) is 0.667. The summed E-state index contributed by atoms with van der Waals surface area (Å²) in [5.41, 5.74) is 0.410. The van der Waals surface area contributed by atoms with Gasteiger partial charge in [-0.25, -0.2) is 4.79 Å². The summed E-state index contributed by atoms with van der Waals surface area (Å²) in [5, 5.41) is 14.3. The molecule has 1 unspecified atom stereocenters. The molecular weight excluding hydrogens is 258 g/mol. The molecule has 0 bridgehead atoms. The minimum atomic E-state index is -0.832. The molecule has 19 heavy (non-hydrogen) atoms. The molecule has 1 aromatic heterocycles. The number of hydrogen-bond donors (Lipinski definition) is 2. The second-order valence-corrected chi connectivity index (χ2v) is 6.40. The van der Waals surface area contributed by atoms with Gasteiger partial charge in [0.15, 0.2) is 0 Å². The average Bonchev–Trinajstić information content (AvgIpc) is 2.90. The first-order valence-corrected chi connectivity index (χ1v) is 8.12. The van der Waals surface area contributed by atoms with Crippen LogP contribution in [-0.2, 0) is 6.54 Å². The Morgan fingerprint density at radius 3 is 2.79 bits per heavy atom. The van der Waals surface area contributed by atoms with Gasteiger partial charge in [0.05, 0.1) is 5.56 Å². The average molecular weight is 281 g/mol. The lowest BCUT2D eigenvalue weighted by Gasteiger charge is -2.30. The summed E-state index contributed by atoms with van der Waals surface area (Å²) in [5.74, 6) is -0.0283. The van der Waals surface area contributed by atoms with E-state index in [1.54, 1.807) is 11.4 Å². The maximum absolute atomic E-state index is 10.8. The molecule has 0 radical (unpaired) electrons. The lowest BCUT2D eigenvalue weighted by Crippen LogP contribution is -2.36. The summed E-state index contributed by atoms with van der Waals surface area (Å²) in [6, 6.07) is 2.36. The van der Waals surface area contributed by atoms with Crippen molar-refractivity contribution in [2.75, 3.05) is 0 Å². The molecule has 1 aromatic rings. The summed E-state index contributed by atoms with van der Waals surface area (Å²) in [7, 11) is 0. The smallest absolute Gasteiger partial charge is 0.336 e. The molecule has 1 saturated carbocycles. The van der Waals surface area contributed by atoms with Crippen molar-refractivity contribution in [2.45, 2.75) is 58.0 Å². The standard InChI is InChI=1S/C15H23NO2S/c1-2-14(11-6-4-3-5-7-11)16-9-13-8-12(10-19-13)15(17)18/h8,10-11,14,16H,2-7,9H2,1H3,(H,17,18). The van der Waals surface area contributed by atoms with Gasteiger partial charge in [0.25, 0.3) is 0 Å². The first-order valence-electron chi connectivity index (χ1n) is 7.24. The van der Waals surface area contributed by atoms with Gasteiger partial charge in [0.2, 0.25) is 0 Å². The quantitative estimate of drug-likeness (QED) is 0.831. The van der Waals surface area contributed by atoms with Crippen LogP contribution in [0.3, 0.4) is 0 Å². The van der Waals surface area contributed by atoms with E-state index in [0.29, 0.717) is 11.6 Å². The van der Waals surface area contributed by atoms with Gasteiger partial charge in [-0.05, 0) is 31.2 Å². The molecule has 106 valence electrons. The molecule has 3 nitrogen and oxygen atoms in total. The molecule has 0 saturated heterocycles. The summed E-state index contributed by atoms with van der Waals surface area (Å²) < 4.78 is 0. The monoisotopic (exact) mass is 281 g/mol. The molecule has 2 rings (SSSR count). The second-order valence-electron chi connectivity index (χ2n) is 5.40. The molecule has 2 N–H and O–H groups in total. The van der Waals surface area contributed by atoms with Crippen molar-refractivity contribution >= 4 is 17.3 Å². The number of carbonyl (C=O) groups is 1. The Hall–Kier alpha value is -0.870. The van der Waals surface area contributed by atoms with Crippen LogP contribution in [0.2, 0.25) is 0 Å². The fourth-order valence-electron chi connectivity index (χ4n) is 3.00. The molecule has 1 heterocycles. The lowest BCUT2D eigenvalue weighted by molar-refractivity contribution is 0.0697. The van der Waals surface area contributed by atoms with Crippen LogP contribution in [0.4, 0.5) is 0 Å². The second kappa shape index (κ2) is 7.06. The Balaban J connectivity index is 1.86. The van der Waals surface area contributed by atoms with E-state index >= 15 is 0 Å². The number of hydrogen-bond acceptors (Lipinski definition) is 3. The highest BCUT2D eigenvalue weighted by molar-refractivity contribution is 7.10. The Morgan fingerprint density at radius 1 is 1.47 bits per heavy atom. The SMILES string of the molecule is CCC(NCc1cc(C(=O)O)cs1)C1CCCCC1. The van der Waals surface area contributed by atoms with Gasteiger partial charge in [-0.1, -0.05) is 26.2 Å². The molecule has 0 aromatic carbocycles. The molecule has 1 aliphatic rings. The van der Waals surface area contributed by atoms with Crippen molar-refractivity contribution < 1.29 is 9.90 Å². The minimum absolute atomic E-state index is 0.410. The van der Waals surface area contributed by atoms with Crippen molar-refractivity contribution in [3.05, 3.63) is 21.9 Å². The molecule has 1 aliphatic carbocycles. The molecular formula is C15H23NO2S. The number of nitrogens with one attached hydrogen (secondary N) is 1. The van der Waals surface area contributed by atoms with E-state index in [1.165, 1.54) is 43.4 Å². The maximum atomic E-state index is 10.8. The first-order chi connectivity index (χ1) is 9.20. The Labute approximate surface area is 119 Å². The molecule has 0 aliphatic heterocycles. The normalized spacial score (nSPS) is 18.4. The number of rotatable bonds is 6. The molecule has 0 spiro atoms. The van der Waals surface area contributed by atoms with E-state index in [1.807, 2.05) is 0 Å². The largest absolute Gasteiger partial charge is 0.478 e. The van der Waals surface area contributed by atoms with Crippen molar-refractivity contribution in [1.29, 1.82) is 0 Å². The topological polar surface area (TPSA) is 49.3 Å². The maximum Gasteiger partial charge on any atom is 0.336 e. The first kappa shape index (κ1) is 14.5. The van der Waals surface area contributed by atoms with E-state index in [2.05, 4.69) is 12.2 Å². The predicted octanol–water partition coefficient (Wildman–Crippen LogP) is 3.89. The fourth-order valence-corrected chi connectivity index (χ4v) is 3.81. The summed E-state index contributed by atoms with van der Waals surface area (Å²) in [6.07, 6.45) is 7.96. The van der Waals surface area contributed by atoms with Crippen LogP contribution in [0.25, 0.3) is 0 Å². The summed E-state index contributed by atoms with van der Waals surface area (Å²) in [4.78, 5) is 12.0. The molecule has 0 amide bonds. The van der Waals surface area contributed by atoms with Crippen molar-refractivity contribution in [2.24, 2.45) is 5.92 Å². The van der Waals surface area contributed by atoms with Crippen LogP contribution < -0.4 is 5.32 Å². The predicted molar refractivity (Wildman–Crippen MR) is 78.8 cm³/mol. The molecule has 4 heteroatoms. The van der Waals surface area contributed by atoms with E-state index in [4.69, 9.17) is 5.11 Å². The van der Waals surface area contributed by atoms with Crippen LogP contribution in [0, 0.1) is 5.92 Å². The van der Waals surface area contributed by atoms with E-state index in [9.17, 15) is 4.79 Å². The van der Waals surface area contributed by atoms with Gasteiger partial charge in [0, 0.05) is 22.8 Å². The number of thiophene rings is 1. The van der Waals surface area contributed by atoms with Gasteiger partial charge in [-0.2, -0.15) is 0 Å². The number of carboxylic acid groups (broad SMARTS) is 1. The van der Waals surface area contributed by atoms with Crippen molar-refractivity contribution in [3.8, 4) is 0 Å². The molecule has 1 fully saturated rings. The highest BCUT2D eigenvalue weighted by Crippen LogP contribution is 2.28. The van der Waals surface area contributed by atoms with Gasteiger partial charge >= 0.3 is 5.97 Å². The number of aromatic carboxylic acids is 1. The van der Waals surface area contributed by atoms with E-state index in [-0.39, 0.29) is 0 Å². The van der Waals surface area contributed by atoms with Crippen LogP contribution in [0.5, 0.6) is 0 Å². The Bertz CT molecular complexity index is 410. The zero-order valence-electron chi connectivity index (χ0n) is 11.5. The zero-order valence-corrected chi connectivity index (χ0v) is 12.3. The van der Waals surface area contributed by atoms with E-state index in [0.717, 1.165) is 23.8 Å². The highest BCUT2D eigenvalue weighted by Gasteiger charge is 2.21. The van der Waals surface area contributed by atoms with Gasteiger partial charge in [-0.3, -0.25) is 0 Å². The van der Waals surface area contributed by atoms with Gasteiger partial charge < -0.3 is 10.4 Å². The van der Waals surface area contributed by atoms with Gasteiger partial charge in [-0.15, -0.1) is 11.3 Å². The third-order valence-corrected chi connectivity index (χ3v) is 5.03. The lowest BCUT2D eigenvalue weighted by atomic mass is 9.83. The van der Waals surface area contributed by atoms with Crippen molar-refractivity contribution in [1.82, 2.24) is 5.32 Å². The van der Waals surface area contributed by atoms with Gasteiger partial charge in [0.1, 0.15) is 0 Å². The minimum Gasteiger partial charge on any atom is -0.478 e. The molecule has 1 atom stereocenters. The van der Waals surface area contributed by atoms with E-state index < -0.39 is 5.97 Å². The van der Waals surface area contributed by atoms with Crippen LogP contribution in [0.15, 0.2) is 11.4 Å². The third kappa shape index (κ3) is 4.05. The van der Waals surface area contributed by atoms with Crippen molar-refractivity contribution in [3.63, 3.8) is 0 Å². The Morgan fingerprint density at radius 2 is 2.21 bits per heavy atom. The Kier molecular flexibility index (Phi) is 5.40. The zero-order chi connectivity index (χ0) is 13.7. The van der Waals surface area contributed by atoms with Crippen LogP contribution >= 0.6 is 11.3 Å². The summed E-state index contributed by atoms with van der Waals surface area (Å²) >= 11 is 1.53. The number of carboxylic acids is 1. The van der Waals surface area contributed by atoms with Crippen LogP contribution in [-0.4, -0.2) is 17.1 Å². The summed E-state index contributed by atoms with van der Waals surface area (Å²) in [6.45, 7) is 3.04. The third-order valence-electron chi connectivity index (χ3n) is 4.10. The van der Waals surface area contributed by atoms with Crippen LogP contribution in [0.1, 0.15) is 60.7 Å².